The Morgan fingerprint density at radius 3 is 2.71 bits per heavy atom. The molecule has 1 aromatic carbocycles. The third kappa shape index (κ3) is 2.99. The van der Waals surface area contributed by atoms with Crippen LogP contribution < -0.4 is 0 Å². The van der Waals surface area contributed by atoms with Gasteiger partial charge >= 0.3 is 0 Å². The first kappa shape index (κ1) is 13.1. The summed E-state index contributed by atoms with van der Waals surface area (Å²) in [6.45, 7) is 2.36. The molecular formula is C11H13FN2O3. The predicted octanol–water partition coefficient (Wildman–Crippen LogP) is 2.22. The normalized spacial score (nSPS) is 10.1. The molecule has 1 aromatic rings. The number of amides is 1. The molecule has 0 N–H and O–H groups in total. The zero-order valence-electron chi connectivity index (χ0n) is 9.64. The highest BCUT2D eigenvalue weighted by atomic mass is 19.1. The van der Waals surface area contributed by atoms with Crippen molar-refractivity contribution in [3.05, 3.63) is 39.7 Å². The molecule has 0 atom stereocenters. The average Bonchev–Trinajstić information content (AvgIpc) is 2.28. The molecule has 5 nitrogen and oxygen atoms in total. The molecule has 0 unspecified atom stereocenters. The van der Waals surface area contributed by atoms with Crippen LogP contribution in [0.25, 0.3) is 0 Å². The minimum absolute atomic E-state index is 0.268. The van der Waals surface area contributed by atoms with Crippen molar-refractivity contribution in [3.8, 4) is 0 Å². The number of nitro groups is 1. The van der Waals surface area contributed by atoms with E-state index in [9.17, 15) is 19.3 Å². The maximum absolute atomic E-state index is 13.4. The van der Waals surface area contributed by atoms with Crippen molar-refractivity contribution < 1.29 is 14.1 Å². The predicted molar refractivity (Wildman–Crippen MR) is 60.3 cm³/mol. The lowest BCUT2D eigenvalue weighted by Gasteiger charge is -2.16. The maximum atomic E-state index is 13.4. The Labute approximate surface area is 98.0 Å². The van der Waals surface area contributed by atoms with Crippen molar-refractivity contribution in [1.82, 2.24) is 4.90 Å². The second kappa shape index (κ2) is 5.38. The van der Waals surface area contributed by atoms with E-state index in [0.717, 1.165) is 24.6 Å². The van der Waals surface area contributed by atoms with Gasteiger partial charge in [-0.25, -0.2) is 4.39 Å². The van der Waals surface area contributed by atoms with Crippen LogP contribution in [0, 0.1) is 15.9 Å². The van der Waals surface area contributed by atoms with Crippen molar-refractivity contribution in [2.75, 3.05) is 13.6 Å². The Hall–Kier alpha value is -1.98. The van der Waals surface area contributed by atoms with Gasteiger partial charge in [-0.3, -0.25) is 14.9 Å². The molecule has 0 aliphatic carbocycles. The lowest BCUT2D eigenvalue weighted by Crippen LogP contribution is -2.28. The standard InChI is InChI=1S/C11H13FN2O3/c1-3-6-13(2)11(15)9-7-8(14(16)17)4-5-10(9)12/h4-5,7H,3,6H2,1-2H3. The van der Waals surface area contributed by atoms with Gasteiger partial charge in [0.2, 0.25) is 0 Å². The Balaban J connectivity index is 3.07. The van der Waals surface area contributed by atoms with Crippen LogP contribution in [0.15, 0.2) is 18.2 Å². The molecular weight excluding hydrogens is 227 g/mol. The Morgan fingerprint density at radius 2 is 2.18 bits per heavy atom. The number of rotatable bonds is 4. The molecule has 0 fully saturated rings. The van der Waals surface area contributed by atoms with Crippen molar-refractivity contribution in [1.29, 1.82) is 0 Å². The number of hydrogen-bond acceptors (Lipinski definition) is 3. The molecule has 17 heavy (non-hydrogen) atoms. The highest BCUT2D eigenvalue weighted by Crippen LogP contribution is 2.18. The summed E-state index contributed by atoms with van der Waals surface area (Å²) in [5.74, 6) is -1.29. The van der Waals surface area contributed by atoms with Gasteiger partial charge in [0.05, 0.1) is 10.5 Å². The summed E-state index contributed by atoms with van der Waals surface area (Å²) < 4.78 is 13.4. The summed E-state index contributed by atoms with van der Waals surface area (Å²) in [4.78, 5) is 23.0. The molecule has 0 bridgehead atoms. The van der Waals surface area contributed by atoms with Gasteiger partial charge < -0.3 is 4.90 Å². The molecule has 0 radical (unpaired) electrons. The van der Waals surface area contributed by atoms with E-state index in [1.165, 1.54) is 11.9 Å². The number of benzene rings is 1. The molecule has 0 heterocycles. The molecule has 1 rings (SSSR count). The highest BCUT2D eigenvalue weighted by Gasteiger charge is 2.19. The molecule has 0 aliphatic rings. The number of hydrogen-bond donors (Lipinski definition) is 0. The first-order valence-corrected chi connectivity index (χ1v) is 5.16. The van der Waals surface area contributed by atoms with Crippen molar-refractivity contribution >= 4 is 11.6 Å². The Morgan fingerprint density at radius 1 is 1.53 bits per heavy atom. The van der Waals surface area contributed by atoms with Crippen molar-refractivity contribution in [3.63, 3.8) is 0 Å². The maximum Gasteiger partial charge on any atom is 0.270 e. The number of nitro benzene ring substituents is 1. The van der Waals surface area contributed by atoms with E-state index in [2.05, 4.69) is 0 Å². The third-order valence-corrected chi connectivity index (χ3v) is 2.30. The summed E-state index contributed by atoms with van der Waals surface area (Å²) in [5, 5.41) is 10.5. The van der Waals surface area contributed by atoms with Gasteiger partial charge in [0.1, 0.15) is 5.82 Å². The minimum atomic E-state index is -0.747. The zero-order chi connectivity index (χ0) is 13.0. The van der Waals surface area contributed by atoms with Crippen LogP contribution in [0.1, 0.15) is 23.7 Å². The summed E-state index contributed by atoms with van der Waals surface area (Å²) in [6.07, 6.45) is 0.735. The van der Waals surface area contributed by atoms with Gasteiger partial charge in [-0.1, -0.05) is 6.92 Å². The lowest BCUT2D eigenvalue weighted by molar-refractivity contribution is -0.384. The molecule has 0 saturated heterocycles. The fourth-order valence-corrected chi connectivity index (χ4v) is 1.43. The van der Waals surface area contributed by atoms with E-state index in [0.29, 0.717) is 6.54 Å². The lowest BCUT2D eigenvalue weighted by atomic mass is 10.1. The molecule has 0 aromatic heterocycles. The molecule has 0 spiro atoms. The largest absolute Gasteiger partial charge is 0.342 e. The second-order valence-electron chi connectivity index (χ2n) is 3.65. The van der Waals surface area contributed by atoms with E-state index < -0.39 is 16.6 Å². The van der Waals surface area contributed by atoms with Crippen molar-refractivity contribution in [2.24, 2.45) is 0 Å². The van der Waals surface area contributed by atoms with Crippen molar-refractivity contribution in [2.45, 2.75) is 13.3 Å². The highest BCUT2D eigenvalue weighted by molar-refractivity contribution is 5.94. The molecule has 0 saturated carbocycles. The average molecular weight is 240 g/mol. The Kier molecular flexibility index (Phi) is 4.14. The van der Waals surface area contributed by atoms with Crippen LogP contribution in [0.5, 0.6) is 0 Å². The van der Waals surface area contributed by atoms with E-state index in [1.807, 2.05) is 6.92 Å². The quantitative estimate of drug-likeness (QED) is 0.598. The van der Waals surface area contributed by atoms with Gasteiger partial charge in [0.15, 0.2) is 0 Å². The number of non-ortho nitro benzene ring substituents is 1. The first-order chi connectivity index (χ1) is 7.97. The van der Waals surface area contributed by atoms with E-state index in [4.69, 9.17) is 0 Å². The second-order valence-corrected chi connectivity index (χ2v) is 3.65. The summed E-state index contributed by atoms with van der Waals surface area (Å²) in [6, 6.07) is 2.93. The molecule has 6 heteroatoms. The topological polar surface area (TPSA) is 63.5 Å². The van der Waals surface area contributed by atoms with Crippen LogP contribution in [0.3, 0.4) is 0 Å². The minimum Gasteiger partial charge on any atom is -0.342 e. The van der Waals surface area contributed by atoms with Crippen LogP contribution in [0.2, 0.25) is 0 Å². The van der Waals surface area contributed by atoms with E-state index in [1.54, 1.807) is 0 Å². The van der Waals surface area contributed by atoms with Gasteiger partial charge in [-0.2, -0.15) is 0 Å². The SMILES string of the molecule is CCCN(C)C(=O)c1cc([N+](=O)[O-])ccc1F. The summed E-state index contributed by atoms with van der Waals surface area (Å²) in [5.41, 5.74) is -0.560. The summed E-state index contributed by atoms with van der Waals surface area (Å²) >= 11 is 0. The fraction of sp³-hybridized carbons (Fsp3) is 0.364. The van der Waals surface area contributed by atoms with Gasteiger partial charge in [0, 0.05) is 25.7 Å². The molecule has 1 amide bonds. The Bertz CT molecular complexity index is 448. The summed E-state index contributed by atoms with van der Waals surface area (Å²) in [7, 11) is 1.53. The van der Waals surface area contributed by atoms with Crippen LogP contribution >= 0.6 is 0 Å². The third-order valence-electron chi connectivity index (χ3n) is 2.30. The van der Waals surface area contributed by atoms with Gasteiger partial charge in [-0.15, -0.1) is 0 Å². The van der Waals surface area contributed by atoms with E-state index in [-0.39, 0.29) is 11.3 Å². The van der Waals surface area contributed by atoms with Crippen LogP contribution in [-0.4, -0.2) is 29.3 Å². The van der Waals surface area contributed by atoms with Crippen LogP contribution in [0.4, 0.5) is 10.1 Å². The smallest absolute Gasteiger partial charge is 0.270 e. The van der Waals surface area contributed by atoms with Gasteiger partial charge in [-0.05, 0) is 12.5 Å². The van der Waals surface area contributed by atoms with Gasteiger partial charge in [0.25, 0.3) is 11.6 Å². The molecule has 0 aliphatic heterocycles. The van der Waals surface area contributed by atoms with E-state index >= 15 is 0 Å². The number of carbonyl (C=O) groups is 1. The van der Waals surface area contributed by atoms with Crippen LogP contribution in [-0.2, 0) is 0 Å². The zero-order valence-corrected chi connectivity index (χ0v) is 9.64. The molecule has 92 valence electrons. The monoisotopic (exact) mass is 240 g/mol. The number of halogens is 1. The fourth-order valence-electron chi connectivity index (χ4n) is 1.43. The number of carbonyl (C=O) groups excluding carboxylic acids is 1. The number of nitrogens with zero attached hydrogens (tertiary/aromatic N) is 2. The first-order valence-electron chi connectivity index (χ1n) is 5.16.